The summed E-state index contributed by atoms with van der Waals surface area (Å²) in [4.78, 5) is 17.5. The summed E-state index contributed by atoms with van der Waals surface area (Å²) >= 11 is 6.12. The van der Waals surface area contributed by atoms with Gasteiger partial charge in [0.1, 0.15) is 17.1 Å². The first-order valence-electron chi connectivity index (χ1n) is 9.77. The number of benzene rings is 1. The van der Waals surface area contributed by atoms with Crippen molar-refractivity contribution in [2.45, 2.75) is 58.3 Å². The number of hydrogen-bond acceptors (Lipinski definition) is 2. The molecule has 1 unspecified atom stereocenters. The van der Waals surface area contributed by atoms with Crippen molar-refractivity contribution in [2.24, 2.45) is 11.3 Å². The molecular formula is C23H27ClFNO. The standard InChI is InChI=1S/C23H27ClFNO/c1-16(24)13-23(2,14-17-7-4-3-5-8-17)21(27)12-18-11-19-9-6-10-20(25)22(19)26-15-18/h6,9-11,15,17H,1,3-5,7-8,12-14H2,2H3. The molecule has 144 valence electrons. The lowest BCUT2D eigenvalue weighted by molar-refractivity contribution is -0.128. The number of allylic oxidation sites excluding steroid dienone is 1. The van der Waals surface area contributed by atoms with Crippen molar-refractivity contribution in [1.82, 2.24) is 4.98 Å². The van der Waals surface area contributed by atoms with E-state index in [1.165, 1.54) is 38.2 Å². The van der Waals surface area contributed by atoms with E-state index >= 15 is 0 Å². The minimum Gasteiger partial charge on any atom is -0.299 e. The maximum atomic E-state index is 13.8. The van der Waals surface area contributed by atoms with Crippen molar-refractivity contribution in [3.63, 3.8) is 0 Å². The van der Waals surface area contributed by atoms with E-state index in [0.717, 1.165) is 17.4 Å². The predicted molar refractivity (Wildman–Crippen MR) is 109 cm³/mol. The van der Waals surface area contributed by atoms with Gasteiger partial charge in [0, 0.05) is 28.5 Å². The van der Waals surface area contributed by atoms with Crippen LogP contribution in [0.15, 0.2) is 42.1 Å². The molecule has 2 nitrogen and oxygen atoms in total. The van der Waals surface area contributed by atoms with Crippen molar-refractivity contribution < 1.29 is 9.18 Å². The number of ketones is 1. The topological polar surface area (TPSA) is 30.0 Å². The van der Waals surface area contributed by atoms with Gasteiger partial charge in [0.25, 0.3) is 0 Å². The van der Waals surface area contributed by atoms with Gasteiger partial charge in [-0.3, -0.25) is 9.78 Å². The van der Waals surface area contributed by atoms with E-state index in [1.54, 1.807) is 12.3 Å². The maximum Gasteiger partial charge on any atom is 0.149 e. The van der Waals surface area contributed by atoms with Crippen LogP contribution in [-0.4, -0.2) is 10.8 Å². The minimum atomic E-state index is -0.516. The number of carbonyl (C=O) groups is 1. The lowest BCUT2D eigenvalue weighted by Crippen LogP contribution is -2.32. The summed E-state index contributed by atoms with van der Waals surface area (Å²) in [7, 11) is 0. The fourth-order valence-electron chi connectivity index (χ4n) is 4.40. The monoisotopic (exact) mass is 387 g/mol. The number of fused-ring (bicyclic) bond motifs is 1. The summed E-state index contributed by atoms with van der Waals surface area (Å²) in [5, 5.41) is 1.25. The molecular weight excluding hydrogens is 361 g/mol. The van der Waals surface area contributed by atoms with Crippen molar-refractivity contribution in [3.8, 4) is 0 Å². The summed E-state index contributed by atoms with van der Waals surface area (Å²) < 4.78 is 13.8. The van der Waals surface area contributed by atoms with Crippen LogP contribution in [0.1, 0.15) is 57.4 Å². The van der Waals surface area contributed by atoms with Gasteiger partial charge < -0.3 is 0 Å². The zero-order chi connectivity index (χ0) is 19.4. The molecule has 1 atom stereocenters. The smallest absolute Gasteiger partial charge is 0.149 e. The molecule has 1 heterocycles. The van der Waals surface area contributed by atoms with Gasteiger partial charge in [0.05, 0.1) is 0 Å². The van der Waals surface area contributed by atoms with Crippen LogP contribution >= 0.6 is 11.6 Å². The highest BCUT2D eigenvalue weighted by atomic mass is 35.5. The van der Waals surface area contributed by atoms with E-state index in [4.69, 9.17) is 11.6 Å². The van der Waals surface area contributed by atoms with Gasteiger partial charge in [-0.1, -0.05) is 69.3 Å². The molecule has 27 heavy (non-hydrogen) atoms. The second-order valence-electron chi connectivity index (χ2n) is 8.22. The summed E-state index contributed by atoms with van der Waals surface area (Å²) in [6.45, 7) is 5.85. The number of carbonyl (C=O) groups excluding carboxylic acids is 1. The molecule has 0 aliphatic heterocycles. The van der Waals surface area contributed by atoms with Gasteiger partial charge in [-0.15, -0.1) is 0 Å². The van der Waals surface area contributed by atoms with E-state index in [0.29, 0.717) is 22.9 Å². The minimum absolute atomic E-state index is 0.160. The highest BCUT2D eigenvalue weighted by Gasteiger charge is 2.36. The Hall–Kier alpha value is -1.74. The lowest BCUT2D eigenvalue weighted by atomic mass is 9.70. The molecule has 1 saturated carbocycles. The average molecular weight is 388 g/mol. The fraction of sp³-hybridized carbons (Fsp3) is 0.478. The first-order valence-corrected chi connectivity index (χ1v) is 10.1. The maximum absolute atomic E-state index is 13.8. The Labute approximate surface area is 165 Å². The molecule has 1 aromatic heterocycles. The van der Waals surface area contributed by atoms with Crippen LogP contribution in [0.3, 0.4) is 0 Å². The van der Waals surface area contributed by atoms with E-state index in [-0.39, 0.29) is 18.0 Å². The van der Waals surface area contributed by atoms with Crippen molar-refractivity contribution >= 4 is 28.3 Å². The first kappa shape index (κ1) is 20.0. The number of hydrogen-bond donors (Lipinski definition) is 0. The van der Waals surface area contributed by atoms with Gasteiger partial charge >= 0.3 is 0 Å². The van der Waals surface area contributed by atoms with Crippen LogP contribution in [0, 0.1) is 17.2 Å². The van der Waals surface area contributed by atoms with Gasteiger partial charge in [-0.25, -0.2) is 4.39 Å². The summed E-state index contributed by atoms with van der Waals surface area (Å²) in [6, 6.07) is 6.74. The Kier molecular flexibility index (Phi) is 6.31. The molecule has 1 fully saturated rings. The van der Waals surface area contributed by atoms with Crippen LogP contribution in [0.4, 0.5) is 4.39 Å². The third kappa shape index (κ3) is 4.95. The van der Waals surface area contributed by atoms with E-state index in [2.05, 4.69) is 11.6 Å². The molecule has 0 spiro atoms. The van der Waals surface area contributed by atoms with E-state index < -0.39 is 5.41 Å². The SMILES string of the molecule is C=C(Cl)CC(C)(CC1CCCCC1)C(=O)Cc1cnc2c(F)cccc2c1. The largest absolute Gasteiger partial charge is 0.299 e. The zero-order valence-corrected chi connectivity index (χ0v) is 16.7. The zero-order valence-electron chi connectivity index (χ0n) is 15.9. The van der Waals surface area contributed by atoms with Crippen molar-refractivity contribution in [3.05, 3.63) is 53.5 Å². The van der Waals surface area contributed by atoms with Crippen LogP contribution < -0.4 is 0 Å². The number of Topliss-reactive ketones (excluding diaryl/α,β-unsaturated/α-hetero) is 1. The van der Waals surface area contributed by atoms with Gasteiger partial charge in [0.2, 0.25) is 0 Å². The lowest BCUT2D eigenvalue weighted by Gasteiger charge is -2.34. The van der Waals surface area contributed by atoms with Crippen molar-refractivity contribution in [2.75, 3.05) is 0 Å². The number of nitrogens with zero attached hydrogens (tertiary/aromatic N) is 1. The van der Waals surface area contributed by atoms with Gasteiger partial charge in [-0.2, -0.15) is 0 Å². The van der Waals surface area contributed by atoms with E-state index in [9.17, 15) is 9.18 Å². The fourth-order valence-corrected chi connectivity index (χ4v) is 4.70. The summed E-state index contributed by atoms with van der Waals surface area (Å²) in [6.07, 6.45) is 9.42. The molecule has 4 heteroatoms. The third-order valence-electron chi connectivity index (χ3n) is 5.80. The molecule has 2 aromatic rings. The van der Waals surface area contributed by atoms with Gasteiger partial charge in [-0.05, 0) is 36.5 Å². The highest BCUT2D eigenvalue weighted by molar-refractivity contribution is 6.29. The van der Waals surface area contributed by atoms with Crippen LogP contribution in [0.25, 0.3) is 10.9 Å². The molecule has 0 saturated heterocycles. The Balaban J connectivity index is 1.80. The molecule has 1 aliphatic carbocycles. The Morgan fingerprint density at radius 2 is 2.07 bits per heavy atom. The summed E-state index contributed by atoms with van der Waals surface area (Å²) in [5.41, 5.74) is 0.638. The molecule has 0 amide bonds. The quantitative estimate of drug-likeness (QED) is 0.535. The van der Waals surface area contributed by atoms with Crippen LogP contribution in [-0.2, 0) is 11.2 Å². The third-order valence-corrected chi connectivity index (χ3v) is 5.94. The normalized spacial score (nSPS) is 17.6. The number of pyridine rings is 1. The van der Waals surface area contributed by atoms with Gasteiger partial charge in [0.15, 0.2) is 0 Å². The summed E-state index contributed by atoms with van der Waals surface area (Å²) in [5.74, 6) is 0.394. The Bertz CT molecular complexity index is 843. The molecule has 0 N–H and O–H groups in total. The molecule has 0 radical (unpaired) electrons. The van der Waals surface area contributed by atoms with Crippen LogP contribution in [0.5, 0.6) is 0 Å². The molecule has 3 rings (SSSR count). The number of para-hydroxylation sites is 1. The first-order chi connectivity index (χ1) is 12.9. The van der Waals surface area contributed by atoms with E-state index in [1.807, 2.05) is 19.1 Å². The predicted octanol–water partition coefficient (Wildman–Crippen LogP) is 6.60. The van der Waals surface area contributed by atoms with Crippen molar-refractivity contribution in [1.29, 1.82) is 0 Å². The number of rotatable bonds is 7. The number of halogens is 2. The number of aromatic nitrogens is 1. The Morgan fingerprint density at radius 1 is 1.33 bits per heavy atom. The molecule has 0 bridgehead atoms. The second kappa shape index (κ2) is 8.52. The molecule has 1 aliphatic rings. The average Bonchev–Trinajstić information content (AvgIpc) is 2.62. The Morgan fingerprint density at radius 3 is 2.78 bits per heavy atom. The van der Waals surface area contributed by atoms with Crippen LogP contribution in [0.2, 0.25) is 0 Å². The molecule has 1 aromatic carbocycles. The highest BCUT2D eigenvalue weighted by Crippen LogP contribution is 2.40. The second-order valence-corrected chi connectivity index (χ2v) is 8.75.